The quantitative estimate of drug-likeness (QED) is 0.374. The molecule has 11 heteroatoms. The zero-order valence-corrected chi connectivity index (χ0v) is 20.2. The predicted octanol–water partition coefficient (Wildman–Crippen LogP) is 3.08. The summed E-state index contributed by atoms with van der Waals surface area (Å²) in [5.41, 5.74) is 0.759. The Hall–Kier alpha value is -3.47. The lowest BCUT2D eigenvalue weighted by molar-refractivity contribution is -0.134. The molecule has 2 atom stereocenters. The van der Waals surface area contributed by atoms with Crippen LogP contribution in [0.15, 0.2) is 29.6 Å². The Balaban J connectivity index is 1.53. The molecule has 4 rings (SSSR count). The summed E-state index contributed by atoms with van der Waals surface area (Å²) in [6.45, 7) is 0. The number of aromatic nitrogens is 1. The van der Waals surface area contributed by atoms with Crippen molar-refractivity contribution in [3.8, 4) is 5.75 Å². The molecule has 1 aromatic carbocycles. The van der Waals surface area contributed by atoms with Gasteiger partial charge in [0.2, 0.25) is 5.91 Å². The molecule has 1 aliphatic carbocycles. The van der Waals surface area contributed by atoms with E-state index in [1.165, 1.54) is 24.6 Å². The zero-order chi connectivity index (χ0) is 24.9. The summed E-state index contributed by atoms with van der Waals surface area (Å²) in [4.78, 5) is 56.4. The number of amides is 4. The molecule has 1 aromatic heterocycles. The van der Waals surface area contributed by atoms with Crippen LogP contribution in [0, 0.1) is 5.92 Å². The van der Waals surface area contributed by atoms with Crippen molar-refractivity contribution in [3.05, 3.63) is 40.9 Å². The van der Waals surface area contributed by atoms with Crippen LogP contribution in [-0.4, -0.2) is 58.0 Å². The molecule has 2 aliphatic rings. The molecular weight excluding hydrogens is 472 g/mol. The summed E-state index contributed by atoms with van der Waals surface area (Å²) in [5.74, 6) is -1.34. The second kappa shape index (κ2) is 10.9. The van der Waals surface area contributed by atoms with Crippen LogP contribution in [-0.2, 0) is 20.7 Å². The number of hydrogen-bond acceptors (Lipinski definition) is 8. The number of rotatable bonds is 8. The number of phenols is 1. The first-order valence-corrected chi connectivity index (χ1v) is 12.5. The third-order valence-electron chi connectivity index (χ3n) is 6.43. The molecule has 186 valence electrons. The van der Waals surface area contributed by atoms with Gasteiger partial charge < -0.3 is 20.5 Å². The molecule has 1 saturated heterocycles. The standard InChI is InChI=1S/C24H28N4O6S/c1-34-22(32)18-13-35-23(25-18)27-20(30)19(12-14-6-3-2-4-7-14)28-21(31)17(26-24(28)33)11-15-8-5-9-16(29)10-15/h5,8-10,13-14,17,19,29H,2-4,6-7,11-12H2,1H3,(H,26,33)(H,25,27,30)/t17-,19+/m0/s1. The number of phenolic OH excluding ortho intramolecular Hbond substituents is 1. The average Bonchev–Trinajstić information content (AvgIpc) is 3.42. The number of ether oxygens (including phenoxy) is 1. The van der Waals surface area contributed by atoms with Gasteiger partial charge in [0.05, 0.1) is 7.11 Å². The molecule has 1 saturated carbocycles. The predicted molar refractivity (Wildman–Crippen MR) is 128 cm³/mol. The van der Waals surface area contributed by atoms with E-state index in [1.54, 1.807) is 12.1 Å². The Morgan fingerprint density at radius 2 is 2.06 bits per heavy atom. The first kappa shape index (κ1) is 24.6. The summed E-state index contributed by atoms with van der Waals surface area (Å²) in [6, 6.07) is 4.03. The minimum atomic E-state index is -1.01. The zero-order valence-electron chi connectivity index (χ0n) is 19.4. The molecule has 3 N–H and O–H groups in total. The lowest BCUT2D eigenvalue weighted by Gasteiger charge is -2.30. The summed E-state index contributed by atoms with van der Waals surface area (Å²) in [7, 11) is 1.24. The number of methoxy groups -OCH3 is 1. The van der Waals surface area contributed by atoms with Crippen LogP contribution in [0.2, 0.25) is 0 Å². The van der Waals surface area contributed by atoms with E-state index in [4.69, 9.17) is 0 Å². The molecular formula is C24H28N4O6S. The van der Waals surface area contributed by atoms with Gasteiger partial charge in [-0.15, -0.1) is 11.3 Å². The molecule has 0 unspecified atom stereocenters. The maximum Gasteiger partial charge on any atom is 0.357 e. The van der Waals surface area contributed by atoms with Gasteiger partial charge in [0.1, 0.15) is 17.8 Å². The van der Waals surface area contributed by atoms with Crippen molar-refractivity contribution in [2.24, 2.45) is 5.92 Å². The lowest BCUT2D eigenvalue weighted by atomic mass is 9.84. The number of hydrogen-bond donors (Lipinski definition) is 3. The highest BCUT2D eigenvalue weighted by atomic mass is 32.1. The Kier molecular flexibility index (Phi) is 7.64. The number of nitrogens with one attached hydrogen (secondary N) is 2. The van der Waals surface area contributed by atoms with Crippen LogP contribution in [0.3, 0.4) is 0 Å². The van der Waals surface area contributed by atoms with Gasteiger partial charge >= 0.3 is 12.0 Å². The normalized spacial score (nSPS) is 19.3. The van der Waals surface area contributed by atoms with Crippen LogP contribution < -0.4 is 10.6 Å². The summed E-state index contributed by atoms with van der Waals surface area (Å²) >= 11 is 1.06. The number of esters is 1. The van der Waals surface area contributed by atoms with Gasteiger partial charge in [-0.1, -0.05) is 44.2 Å². The van der Waals surface area contributed by atoms with E-state index in [1.807, 2.05) is 0 Å². The minimum absolute atomic E-state index is 0.0674. The molecule has 0 bridgehead atoms. The van der Waals surface area contributed by atoms with Crippen molar-refractivity contribution in [2.45, 2.75) is 57.0 Å². The summed E-state index contributed by atoms with van der Waals surface area (Å²) in [5, 5.41) is 16.7. The second-order valence-corrected chi connectivity index (χ2v) is 9.72. The Bertz CT molecular complexity index is 1110. The van der Waals surface area contributed by atoms with Gasteiger partial charge in [0.25, 0.3) is 5.91 Å². The van der Waals surface area contributed by atoms with Crippen molar-refractivity contribution < 1.29 is 29.0 Å². The Labute approximate surface area is 206 Å². The molecule has 35 heavy (non-hydrogen) atoms. The van der Waals surface area contributed by atoms with Crippen LogP contribution >= 0.6 is 11.3 Å². The van der Waals surface area contributed by atoms with Crippen molar-refractivity contribution in [3.63, 3.8) is 0 Å². The molecule has 1 aliphatic heterocycles. The number of thiazole rings is 1. The third kappa shape index (κ3) is 5.79. The van der Waals surface area contributed by atoms with E-state index in [0.29, 0.717) is 12.0 Å². The van der Waals surface area contributed by atoms with E-state index in [9.17, 15) is 24.3 Å². The summed E-state index contributed by atoms with van der Waals surface area (Å²) < 4.78 is 4.65. The highest BCUT2D eigenvalue weighted by molar-refractivity contribution is 7.14. The van der Waals surface area contributed by atoms with Crippen molar-refractivity contribution in [1.82, 2.24) is 15.2 Å². The van der Waals surface area contributed by atoms with Gasteiger partial charge in [0.15, 0.2) is 10.8 Å². The van der Waals surface area contributed by atoms with Crippen LogP contribution in [0.4, 0.5) is 9.93 Å². The second-order valence-electron chi connectivity index (χ2n) is 8.86. The largest absolute Gasteiger partial charge is 0.508 e. The molecule has 10 nitrogen and oxygen atoms in total. The third-order valence-corrected chi connectivity index (χ3v) is 7.18. The fraction of sp³-hybridized carbons (Fsp3) is 0.458. The van der Waals surface area contributed by atoms with Crippen molar-refractivity contribution in [2.75, 3.05) is 12.4 Å². The molecule has 4 amide bonds. The van der Waals surface area contributed by atoms with E-state index >= 15 is 0 Å². The van der Waals surface area contributed by atoms with E-state index in [0.717, 1.165) is 48.3 Å². The molecule has 2 heterocycles. The summed E-state index contributed by atoms with van der Waals surface area (Å²) in [6.07, 6.45) is 5.66. The SMILES string of the molecule is COC(=O)c1csc(NC(=O)[C@@H](CC2CCCCC2)N2C(=O)N[C@@H](Cc3cccc(O)c3)C2=O)n1. The highest BCUT2D eigenvalue weighted by Gasteiger charge is 2.45. The molecule has 0 spiro atoms. The number of urea groups is 1. The van der Waals surface area contributed by atoms with Gasteiger partial charge in [-0.05, 0) is 30.0 Å². The smallest absolute Gasteiger partial charge is 0.357 e. The first-order chi connectivity index (χ1) is 16.9. The van der Waals surface area contributed by atoms with Gasteiger partial charge in [-0.25, -0.2) is 19.5 Å². The highest BCUT2D eigenvalue weighted by Crippen LogP contribution is 2.31. The molecule has 0 radical (unpaired) electrons. The maximum atomic E-state index is 13.4. The fourth-order valence-electron chi connectivity index (χ4n) is 4.69. The number of anilines is 1. The van der Waals surface area contributed by atoms with Crippen molar-refractivity contribution in [1.29, 1.82) is 0 Å². The van der Waals surface area contributed by atoms with E-state index in [2.05, 4.69) is 20.4 Å². The van der Waals surface area contributed by atoms with E-state index in [-0.39, 0.29) is 28.9 Å². The van der Waals surface area contributed by atoms with Gasteiger partial charge in [-0.2, -0.15) is 0 Å². The maximum absolute atomic E-state index is 13.4. The molecule has 2 fully saturated rings. The lowest BCUT2D eigenvalue weighted by Crippen LogP contribution is -2.49. The number of aromatic hydroxyl groups is 1. The minimum Gasteiger partial charge on any atom is -0.508 e. The first-order valence-electron chi connectivity index (χ1n) is 11.6. The van der Waals surface area contributed by atoms with E-state index < -0.39 is 35.9 Å². The molecule has 2 aromatic rings. The Morgan fingerprint density at radius 1 is 1.29 bits per heavy atom. The topological polar surface area (TPSA) is 138 Å². The van der Waals surface area contributed by atoms with Gasteiger partial charge in [-0.3, -0.25) is 9.59 Å². The monoisotopic (exact) mass is 500 g/mol. The van der Waals surface area contributed by atoms with Crippen LogP contribution in [0.5, 0.6) is 5.75 Å². The number of carbonyl (C=O) groups is 4. The van der Waals surface area contributed by atoms with Crippen molar-refractivity contribution >= 4 is 40.3 Å². The number of imide groups is 1. The fourth-order valence-corrected chi connectivity index (χ4v) is 5.37. The van der Waals surface area contributed by atoms with Crippen LogP contribution in [0.1, 0.15) is 54.6 Å². The number of nitrogens with zero attached hydrogens (tertiary/aromatic N) is 2. The average molecular weight is 501 g/mol. The number of carbonyl (C=O) groups excluding carboxylic acids is 4. The van der Waals surface area contributed by atoms with Gasteiger partial charge in [0, 0.05) is 11.8 Å². The number of benzene rings is 1. The Morgan fingerprint density at radius 3 is 2.77 bits per heavy atom. The van der Waals surface area contributed by atoms with Crippen LogP contribution in [0.25, 0.3) is 0 Å².